The number of aromatic nitrogens is 1. The maximum atomic E-state index is 10.7. The van der Waals surface area contributed by atoms with Crippen molar-refractivity contribution in [1.29, 1.82) is 0 Å². The van der Waals surface area contributed by atoms with E-state index < -0.39 is 10.6 Å². The van der Waals surface area contributed by atoms with Crippen LogP contribution >= 0.6 is 10.6 Å². The molecule has 1 aromatic heterocycles. The van der Waals surface area contributed by atoms with Gasteiger partial charge in [0, 0.05) is 42.8 Å². The van der Waals surface area contributed by atoms with Crippen LogP contribution in [0.1, 0.15) is 30.4 Å². The molecule has 7 heteroatoms. The number of pyridine rings is 1. The number of benzene rings is 2. The van der Waals surface area contributed by atoms with Gasteiger partial charge in [-0.2, -0.15) is 10.6 Å². The van der Waals surface area contributed by atoms with Gasteiger partial charge in [-0.3, -0.25) is 9.11 Å². The van der Waals surface area contributed by atoms with E-state index in [0.717, 1.165) is 41.1 Å². The van der Waals surface area contributed by atoms with Gasteiger partial charge in [-0.05, 0) is 50.1 Å². The maximum absolute atomic E-state index is 10.7. The lowest BCUT2D eigenvalue weighted by molar-refractivity contribution is 0.414. The van der Waals surface area contributed by atoms with Crippen LogP contribution in [0.15, 0.2) is 53.4 Å². The van der Waals surface area contributed by atoms with Crippen molar-refractivity contribution in [3.05, 3.63) is 59.7 Å². The van der Waals surface area contributed by atoms with Crippen LogP contribution in [-0.4, -0.2) is 45.5 Å². The van der Waals surface area contributed by atoms with Gasteiger partial charge in [0.05, 0.1) is 16.2 Å². The minimum atomic E-state index is -2.80. The van der Waals surface area contributed by atoms with E-state index in [1.165, 1.54) is 24.8 Å². The van der Waals surface area contributed by atoms with E-state index in [2.05, 4.69) is 46.7 Å². The highest BCUT2D eigenvalue weighted by atomic mass is 32.3. The monoisotopic (exact) mass is 452 g/mol. The van der Waals surface area contributed by atoms with E-state index in [0.29, 0.717) is 29.8 Å². The molecule has 5 rings (SSSR count). The largest absolute Gasteiger partial charge is 0.383 e. The summed E-state index contributed by atoms with van der Waals surface area (Å²) in [5, 5.41) is 8.43. The molecule has 1 atom stereocenters. The third-order valence-corrected chi connectivity index (χ3v) is 8.41. The second-order valence-electron chi connectivity index (χ2n) is 8.98. The molecule has 170 valence electrons. The predicted octanol–water partition coefficient (Wildman–Crippen LogP) is 5.23. The predicted molar refractivity (Wildman–Crippen MR) is 134 cm³/mol. The molecule has 0 radical (unpaired) electrons. The Labute approximate surface area is 191 Å². The Bertz CT molecular complexity index is 1110. The van der Waals surface area contributed by atoms with E-state index in [9.17, 15) is 9.11 Å². The first-order valence-corrected chi connectivity index (χ1v) is 13.2. The molecule has 0 bridgehead atoms. The third kappa shape index (κ3) is 4.43. The van der Waals surface area contributed by atoms with Crippen LogP contribution in [0.2, 0.25) is 0 Å². The molecule has 4 N–H and O–H groups in total. The fourth-order valence-corrected chi connectivity index (χ4v) is 6.29. The average Bonchev–Trinajstić information content (AvgIpc) is 2.94. The Kier molecular flexibility index (Phi) is 5.99. The van der Waals surface area contributed by atoms with Crippen LogP contribution in [0, 0.1) is 6.92 Å². The van der Waals surface area contributed by atoms with E-state index in [1.807, 2.05) is 24.3 Å². The Morgan fingerprint density at radius 1 is 1.16 bits per heavy atom. The molecule has 0 amide bonds. The minimum Gasteiger partial charge on any atom is -0.383 e. The van der Waals surface area contributed by atoms with E-state index in [-0.39, 0.29) is 0 Å². The van der Waals surface area contributed by atoms with Gasteiger partial charge in [0.15, 0.2) is 0 Å². The van der Waals surface area contributed by atoms with Crippen LogP contribution in [0.25, 0.3) is 10.9 Å². The second-order valence-corrected chi connectivity index (χ2v) is 11.2. The number of nitrogens with one attached hydrogen (secondary N) is 2. The van der Waals surface area contributed by atoms with Crippen molar-refractivity contribution in [2.45, 2.75) is 43.7 Å². The van der Waals surface area contributed by atoms with Gasteiger partial charge in [-0.1, -0.05) is 36.2 Å². The van der Waals surface area contributed by atoms with Crippen molar-refractivity contribution in [3.8, 4) is 0 Å². The third-order valence-electron chi connectivity index (χ3n) is 6.56. The first-order chi connectivity index (χ1) is 15.5. The van der Waals surface area contributed by atoms with Gasteiger partial charge in [-0.15, -0.1) is 0 Å². The Morgan fingerprint density at radius 3 is 2.88 bits per heavy atom. The van der Waals surface area contributed by atoms with Gasteiger partial charge in [-0.25, -0.2) is 4.98 Å². The molecule has 3 heterocycles. The highest BCUT2D eigenvalue weighted by molar-refractivity contribution is 8.24. The molecule has 0 saturated carbocycles. The lowest BCUT2D eigenvalue weighted by Crippen LogP contribution is -2.39. The van der Waals surface area contributed by atoms with E-state index >= 15 is 0 Å². The van der Waals surface area contributed by atoms with Crippen LogP contribution < -0.4 is 15.5 Å². The van der Waals surface area contributed by atoms with Crippen molar-refractivity contribution in [2.24, 2.45) is 0 Å². The highest BCUT2D eigenvalue weighted by Gasteiger charge is 2.26. The summed E-state index contributed by atoms with van der Waals surface area (Å²) < 4.78 is 21.5. The van der Waals surface area contributed by atoms with Gasteiger partial charge in [0.2, 0.25) is 0 Å². The molecule has 3 aromatic rings. The summed E-state index contributed by atoms with van der Waals surface area (Å²) in [5.41, 5.74) is 4.21. The zero-order chi connectivity index (χ0) is 22.1. The van der Waals surface area contributed by atoms with E-state index in [1.54, 1.807) is 0 Å². The fourth-order valence-electron chi connectivity index (χ4n) is 4.75. The quantitative estimate of drug-likeness (QED) is 0.434. The van der Waals surface area contributed by atoms with Gasteiger partial charge >= 0.3 is 0 Å². The van der Waals surface area contributed by atoms with E-state index in [4.69, 9.17) is 4.98 Å². The topological polar surface area (TPSA) is 80.7 Å². The number of aryl methyl sites for hydroxylation is 1. The molecule has 32 heavy (non-hydrogen) atoms. The Hall–Kier alpha value is -2.32. The smallest absolute Gasteiger partial charge is 0.131 e. The fraction of sp³-hybridized carbons (Fsp3) is 0.400. The molecule has 1 fully saturated rings. The standard InChI is InChI=1S/C25H32N4O2S/c1-18-9-10-22-21(14-18)23(27-16-20-7-4-5-11-26-20)15-25(28-22)29-12-13-32(30,31)24-8-3-2-6-19(24)17-29/h2-3,6,8-10,14-15,20,26,30-31H,4-5,7,11-13,16-17H2,1H3,(H,27,28). The van der Waals surface area contributed by atoms with Crippen molar-refractivity contribution in [1.82, 2.24) is 10.3 Å². The summed E-state index contributed by atoms with van der Waals surface area (Å²) in [7, 11) is -2.80. The molecule has 1 unspecified atom stereocenters. The Balaban J connectivity index is 1.49. The number of hydrogen-bond acceptors (Lipinski definition) is 6. The van der Waals surface area contributed by atoms with Crippen LogP contribution in [0.4, 0.5) is 11.5 Å². The normalized spacial score (nSPS) is 21.6. The summed E-state index contributed by atoms with van der Waals surface area (Å²) in [4.78, 5) is 7.81. The molecule has 0 spiro atoms. The van der Waals surface area contributed by atoms with Gasteiger partial charge in [0.1, 0.15) is 5.82 Å². The first kappa shape index (κ1) is 21.5. The van der Waals surface area contributed by atoms with Gasteiger partial charge in [0.25, 0.3) is 0 Å². The van der Waals surface area contributed by atoms with Crippen molar-refractivity contribution < 1.29 is 9.11 Å². The number of nitrogens with zero attached hydrogens (tertiary/aromatic N) is 2. The lowest BCUT2D eigenvalue weighted by Gasteiger charge is -2.32. The number of anilines is 2. The lowest BCUT2D eigenvalue weighted by atomic mass is 10.0. The van der Waals surface area contributed by atoms with Crippen molar-refractivity contribution in [2.75, 3.05) is 35.6 Å². The maximum Gasteiger partial charge on any atom is 0.131 e. The SMILES string of the molecule is Cc1ccc2nc(N3CCS(O)(O)c4ccccc4C3)cc(NCC3CCCCN3)c2c1. The zero-order valence-electron chi connectivity index (χ0n) is 18.6. The van der Waals surface area contributed by atoms with Crippen LogP contribution in [0.3, 0.4) is 0 Å². The average molecular weight is 453 g/mol. The van der Waals surface area contributed by atoms with Crippen molar-refractivity contribution >= 4 is 33.0 Å². The Morgan fingerprint density at radius 2 is 2.03 bits per heavy atom. The zero-order valence-corrected chi connectivity index (χ0v) is 19.4. The number of hydrogen-bond donors (Lipinski definition) is 4. The van der Waals surface area contributed by atoms with Crippen LogP contribution in [0.5, 0.6) is 0 Å². The summed E-state index contributed by atoms with van der Waals surface area (Å²) in [6, 6.07) is 16.6. The molecule has 2 aromatic carbocycles. The van der Waals surface area contributed by atoms with Gasteiger partial charge < -0.3 is 15.5 Å². The number of rotatable bonds is 4. The first-order valence-electron chi connectivity index (χ1n) is 11.5. The minimum absolute atomic E-state index is 0.312. The second kappa shape index (κ2) is 8.90. The summed E-state index contributed by atoms with van der Waals surface area (Å²) in [6.45, 7) is 5.24. The summed E-state index contributed by atoms with van der Waals surface area (Å²) in [6.07, 6.45) is 3.73. The molecule has 0 aliphatic carbocycles. The molecule has 1 saturated heterocycles. The molecular weight excluding hydrogens is 420 g/mol. The molecule has 2 aliphatic rings. The molecule has 6 nitrogen and oxygen atoms in total. The number of piperidine rings is 1. The summed E-state index contributed by atoms with van der Waals surface area (Å²) in [5.74, 6) is 1.18. The highest BCUT2D eigenvalue weighted by Crippen LogP contribution is 2.51. The number of fused-ring (bicyclic) bond motifs is 2. The summed E-state index contributed by atoms with van der Waals surface area (Å²) >= 11 is 0. The molecular formula is C25H32N4O2S. The van der Waals surface area contributed by atoms with Crippen LogP contribution in [-0.2, 0) is 6.54 Å². The van der Waals surface area contributed by atoms with Crippen molar-refractivity contribution in [3.63, 3.8) is 0 Å². The molecule has 2 aliphatic heterocycles.